The van der Waals surface area contributed by atoms with Crippen molar-refractivity contribution >= 4 is 17.5 Å². The van der Waals surface area contributed by atoms with Crippen LogP contribution in [0.3, 0.4) is 0 Å². The summed E-state index contributed by atoms with van der Waals surface area (Å²) >= 11 is 0. The van der Waals surface area contributed by atoms with Crippen LogP contribution in [0.1, 0.15) is 19.3 Å². The number of methoxy groups -OCH3 is 2. The largest absolute Gasteiger partial charge is 0.493 e. The van der Waals surface area contributed by atoms with Crippen LogP contribution < -0.4 is 14.4 Å². The second-order valence-electron chi connectivity index (χ2n) is 6.97. The van der Waals surface area contributed by atoms with Gasteiger partial charge < -0.3 is 18.9 Å². The normalized spacial score (nSPS) is 25.4. The first-order valence-electron chi connectivity index (χ1n) is 9.18. The summed E-state index contributed by atoms with van der Waals surface area (Å²) in [5.74, 6) is 0.136. The number of hydrogen-bond donors (Lipinski definition) is 0. The summed E-state index contributed by atoms with van der Waals surface area (Å²) in [5, 5.41) is 0. The van der Waals surface area contributed by atoms with Crippen LogP contribution in [0.5, 0.6) is 11.5 Å². The van der Waals surface area contributed by atoms with E-state index in [2.05, 4.69) is 4.90 Å². The van der Waals surface area contributed by atoms with E-state index in [0.717, 1.165) is 0 Å². The van der Waals surface area contributed by atoms with Crippen molar-refractivity contribution in [3.63, 3.8) is 0 Å². The fourth-order valence-corrected chi connectivity index (χ4v) is 4.10. The molecule has 1 aromatic carbocycles. The number of likely N-dealkylation sites (tertiary alicyclic amines) is 1. The maximum atomic E-state index is 13.0. The van der Waals surface area contributed by atoms with Crippen LogP contribution in [-0.2, 0) is 19.1 Å². The van der Waals surface area contributed by atoms with Crippen molar-refractivity contribution in [3.05, 3.63) is 18.2 Å². The fraction of sp³-hybridized carbons (Fsp3) is 0.579. The first-order chi connectivity index (χ1) is 13.1. The molecule has 3 aliphatic rings. The summed E-state index contributed by atoms with van der Waals surface area (Å²) in [6.45, 7) is 2.58. The Morgan fingerprint density at radius 2 is 1.70 bits per heavy atom. The molecule has 146 valence electrons. The van der Waals surface area contributed by atoms with Crippen LogP contribution in [0.4, 0.5) is 5.69 Å². The molecule has 0 bridgehead atoms. The van der Waals surface area contributed by atoms with Crippen molar-refractivity contribution in [1.82, 2.24) is 4.90 Å². The lowest BCUT2D eigenvalue weighted by Gasteiger charge is -2.39. The minimum atomic E-state index is -0.495. The van der Waals surface area contributed by atoms with Crippen molar-refractivity contribution in [1.29, 1.82) is 0 Å². The van der Waals surface area contributed by atoms with E-state index in [1.54, 1.807) is 25.3 Å². The van der Waals surface area contributed by atoms with E-state index in [-0.39, 0.29) is 18.2 Å². The van der Waals surface area contributed by atoms with Gasteiger partial charge in [0.05, 0.1) is 45.6 Å². The van der Waals surface area contributed by atoms with E-state index in [4.69, 9.17) is 18.9 Å². The summed E-state index contributed by atoms with van der Waals surface area (Å²) < 4.78 is 22.0. The minimum Gasteiger partial charge on any atom is -0.493 e. The number of imide groups is 1. The van der Waals surface area contributed by atoms with Crippen molar-refractivity contribution in [2.24, 2.45) is 0 Å². The van der Waals surface area contributed by atoms with E-state index >= 15 is 0 Å². The molecule has 3 fully saturated rings. The van der Waals surface area contributed by atoms with Crippen LogP contribution in [-0.4, -0.2) is 69.1 Å². The van der Waals surface area contributed by atoms with Crippen molar-refractivity contribution in [2.45, 2.75) is 31.1 Å². The highest BCUT2D eigenvalue weighted by molar-refractivity contribution is 6.22. The van der Waals surface area contributed by atoms with E-state index in [1.165, 1.54) is 12.0 Å². The number of piperidine rings is 1. The van der Waals surface area contributed by atoms with Crippen molar-refractivity contribution < 1.29 is 28.5 Å². The minimum absolute atomic E-state index is 0.182. The number of anilines is 1. The Balaban J connectivity index is 1.49. The number of carbonyl (C=O) groups is 2. The highest BCUT2D eigenvalue weighted by Crippen LogP contribution is 2.36. The Hall–Kier alpha value is -2.16. The smallest absolute Gasteiger partial charge is 0.251 e. The maximum Gasteiger partial charge on any atom is 0.251 e. The number of nitrogens with zero attached hydrogens (tertiary/aromatic N) is 2. The third-order valence-electron chi connectivity index (χ3n) is 5.56. The van der Waals surface area contributed by atoms with E-state index in [1.807, 2.05) is 0 Å². The average molecular weight is 376 g/mol. The molecule has 1 spiro atoms. The first kappa shape index (κ1) is 18.2. The molecule has 4 rings (SSSR count). The van der Waals surface area contributed by atoms with Crippen LogP contribution in [0.25, 0.3) is 0 Å². The van der Waals surface area contributed by atoms with Gasteiger partial charge in [-0.1, -0.05) is 0 Å². The molecule has 8 heteroatoms. The summed E-state index contributed by atoms with van der Waals surface area (Å²) in [5.41, 5.74) is 0.501. The van der Waals surface area contributed by atoms with Gasteiger partial charge >= 0.3 is 0 Å². The molecule has 0 saturated carbocycles. The SMILES string of the molecule is COc1ccc(N2C(=O)C[C@H](N3CCC4(CC3)OCCO4)C2=O)cc1OC. The molecule has 2 amide bonds. The molecule has 0 radical (unpaired) electrons. The topological polar surface area (TPSA) is 77.5 Å². The Labute approximate surface area is 157 Å². The molecule has 1 atom stereocenters. The molecule has 27 heavy (non-hydrogen) atoms. The number of rotatable bonds is 4. The quantitative estimate of drug-likeness (QED) is 0.730. The predicted octanol–water partition coefficient (Wildman–Crippen LogP) is 1.17. The molecular weight excluding hydrogens is 352 g/mol. The van der Waals surface area contributed by atoms with Gasteiger partial charge in [0.1, 0.15) is 0 Å². The molecule has 0 aromatic heterocycles. The average Bonchev–Trinajstić information content (AvgIpc) is 3.26. The number of benzene rings is 1. The molecule has 0 unspecified atom stereocenters. The van der Waals surface area contributed by atoms with Crippen LogP contribution >= 0.6 is 0 Å². The molecule has 0 N–H and O–H groups in total. The first-order valence-corrected chi connectivity index (χ1v) is 9.18. The molecule has 3 aliphatic heterocycles. The van der Waals surface area contributed by atoms with Crippen LogP contribution in [0, 0.1) is 0 Å². The lowest BCUT2D eigenvalue weighted by atomic mass is 10.0. The highest BCUT2D eigenvalue weighted by Gasteiger charge is 2.47. The fourth-order valence-electron chi connectivity index (χ4n) is 4.10. The number of ether oxygens (including phenoxy) is 4. The van der Waals surface area contributed by atoms with Gasteiger partial charge in [-0.3, -0.25) is 14.5 Å². The van der Waals surface area contributed by atoms with Crippen LogP contribution in [0.2, 0.25) is 0 Å². The standard InChI is InChI=1S/C19H24N2O6/c1-24-15-4-3-13(11-16(15)25-2)21-17(22)12-14(18(21)23)20-7-5-19(6-8-20)26-9-10-27-19/h3-4,11,14H,5-10,12H2,1-2H3/t14-/m0/s1. The van der Waals surface area contributed by atoms with Gasteiger partial charge in [-0.15, -0.1) is 0 Å². The van der Waals surface area contributed by atoms with Gasteiger partial charge in [0.25, 0.3) is 5.91 Å². The predicted molar refractivity (Wildman–Crippen MR) is 95.9 cm³/mol. The van der Waals surface area contributed by atoms with Gasteiger partial charge in [0, 0.05) is 32.0 Å². The summed E-state index contributed by atoms with van der Waals surface area (Å²) in [7, 11) is 3.06. The van der Waals surface area contributed by atoms with Crippen LogP contribution in [0.15, 0.2) is 18.2 Å². The number of hydrogen-bond acceptors (Lipinski definition) is 7. The van der Waals surface area contributed by atoms with Crippen molar-refractivity contribution in [2.75, 3.05) is 45.4 Å². The third kappa shape index (κ3) is 3.18. The Bertz CT molecular complexity index is 736. The molecule has 3 heterocycles. The zero-order valence-corrected chi connectivity index (χ0v) is 15.6. The Morgan fingerprint density at radius 3 is 2.33 bits per heavy atom. The molecular formula is C19H24N2O6. The summed E-state index contributed by atoms with van der Waals surface area (Å²) in [6.07, 6.45) is 1.60. The van der Waals surface area contributed by atoms with E-state index < -0.39 is 11.8 Å². The van der Waals surface area contributed by atoms with Gasteiger partial charge in [-0.2, -0.15) is 0 Å². The van der Waals surface area contributed by atoms with Gasteiger partial charge in [-0.25, -0.2) is 4.90 Å². The lowest BCUT2D eigenvalue weighted by molar-refractivity contribution is -0.188. The van der Waals surface area contributed by atoms with E-state index in [9.17, 15) is 9.59 Å². The second kappa shape index (κ2) is 7.10. The number of amides is 2. The molecule has 1 aromatic rings. The molecule has 0 aliphatic carbocycles. The Kier molecular flexibility index (Phi) is 4.79. The highest BCUT2D eigenvalue weighted by atomic mass is 16.7. The van der Waals surface area contributed by atoms with Gasteiger partial charge in [0.2, 0.25) is 5.91 Å². The van der Waals surface area contributed by atoms with Gasteiger partial charge in [-0.05, 0) is 12.1 Å². The summed E-state index contributed by atoms with van der Waals surface area (Å²) in [6, 6.07) is 4.61. The molecule has 3 saturated heterocycles. The summed E-state index contributed by atoms with van der Waals surface area (Å²) in [4.78, 5) is 28.9. The Morgan fingerprint density at radius 1 is 1.04 bits per heavy atom. The zero-order valence-electron chi connectivity index (χ0n) is 15.6. The van der Waals surface area contributed by atoms with E-state index in [0.29, 0.717) is 56.3 Å². The second-order valence-corrected chi connectivity index (χ2v) is 6.97. The van der Waals surface area contributed by atoms with Gasteiger partial charge in [0.15, 0.2) is 17.3 Å². The lowest BCUT2D eigenvalue weighted by Crippen LogP contribution is -2.51. The molecule has 8 nitrogen and oxygen atoms in total. The van der Waals surface area contributed by atoms with Crippen molar-refractivity contribution in [3.8, 4) is 11.5 Å². The maximum absolute atomic E-state index is 13.0. The monoisotopic (exact) mass is 376 g/mol. The zero-order chi connectivity index (χ0) is 19.0. The number of carbonyl (C=O) groups excluding carboxylic acids is 2. The third-order valence-corrected chi connectivity index (χ3v) is 5.56.